The number of nitrogens with one attached hydrogen (secondary N) is 2. The number of nitrogens with zero attached hydrogens (tertiary/aromatic N) is 2. The van der Waals surface area contributed by atoms with Crippen molar-refractivity contribution in [3.05, 3.63) is 68.0 Å². The second-order valence-corrected chi connectivity index (χ2v) is 7.71. The number of carbonyl (C=O) groups excluding carboxylic acids is 2. The topological polar surface area (TPSA) is 114 Å². The van der Waals surface area contributed by atoms with Crippen molar-refractivity contribution in [3.63, 3.8) is 0 Å². The van der Waals surface area contributed by atoms with E-state index in [2.05, 4.69) is 26.2 Å². The highest BCUT2D eigenvalue weighted by atomic mass is 79.9. The van der Waals surface area contributed by atoms with E-state index < -0.39 is 39.9 Å². The first-order valence-corrected chi connectivity index (χ1v) is 9.91. The predicted molar refractivity (Wildman–Crippen MR) is 111 cm³/mol. The molecule has 1 heterocycles. The molecule has 160 valence electrons. The van der Waals surface area contributed by atoms with Crippen molar-refractivity contribution in [2.75, 3.05) is 10.6 Å². The third-order valence-corrected chi connectivity index (χ3v) is 5.12. The first kappa shape index (κ1) is 22.4. The van der Waals surface area contributed by atoms with Crippen LogP contribution < -0.4 is 10.6 Å². The maximum absolute atomic E-state index is 12.6. The van der Waals surface area contributed by atoms with Crippen LogP contribution in [0.3, 0.4) is 0 Å². The second-order valence-electron chi connectivity index (χ2n) is 5.94. The van der Waals surface area contributed by atoms with Crippen molar-refractivity contribution < 1.29 is 27.7 Å². The molecule has 3 rings (SSSR count). The Morgan fingerprint density at radius 2 is 1.77 bits per heavy atom. The number of non-ortho nitro benzene ring substituents is 1. The fraction of sp³-hybridized carbons (Fsp3) is 0.0556. The summed E-state index contributed by atoms with van der Waals surface area (Å²) in [5.74, 6) is -3.27. The summed E-state index contributed by atoms with van der Waals surface area (Å²) in [5, 5.41) is 16.7. The van der Waals surface area contributed by atoms with Crippen molar-refractivity contribution in [1.29, 1.82) is 0 Å². The fourth-order valence-corrected chi connectivity index (χ4v) is 3.37. The molecule has 3 aromatic rings. The van der Waals surface area contributed by atoms with E-state index in [1.807, 2.05) is 0 Å². The number of rotatable bonds is 5. The zero-order valence-electron chi connectivity index (χ0n) is 15.1. The van der Waals surface area contributed by atoms with Gasteiger partial charge in [-0.25, -0.2) is 4.98 Å². The lowest BCUT2D eigenvalue weighted by Crippen LogP contribution is -2.31. The van der Waals surface area contributed by atoms with E-state index in [0.29, 0.717) is 11.8 Å². The molecule has 2 aromatic carbocycles. The third-order valence-electron chi connectivity index (χ3n) is 3.83. The molecule has 0 radical (unpaired) electrons. The Labute approximate surface area is 184 Å². The zero-order chi connectivity index (χ0) is 22.8. The van der Waals surface area contributed by atoms with Crippen molar-refractivity contribution in [2.45, 2.75) is 6.18 Å². The van der Waals surface area contributed by atoms with Gasteiger partial charge in [0.2, 0.25) is 0 Å². The largest absolute Gasteiger partial charge is 0.471 e. The maximum Gasteiger partial charge on any atom is 0.471 e. The van der Waals surface area contributed by atoms with Crippen LogP contribution in [-0.2, 0) is 4.79 Å². The van der Waals surface area contributed by atoms with Gasteiger partial charge in [0.25, 0.3) is 11.6 Å². The quantitative estimate of drug-likeness (QED) is 0.357. The molecule has 0 aliphatic rings. The molecule has 0 unspecified atom stereocenters. The van der Waals surface area contributed by atoms with E-state index in [1.165, 1.54) is 5.32 Å². The SMILES string of the molecule is O=C(Nc1nc(-c2ccc(Br)cc2)cs1)c1ccc([N+](=O)[O-])cc1NC(=O)C(F)(F)F. The van der Waals surface area contributed by atoms with Gasteiger partial charge in [0.1, 0.15) is 0 Å². The number of nitro groups is 1. The number of aromatic nitrogens is 1. The Bertz CT molecular complexity index is 1170. The average Bonchev–Trinajstić information content (AvgIpc) is 3.16. The van der Waals surface area contributed by atoms with Crippen LogP contribution in [0.15, 0.2) is 52.3 Å². The Hall–Kier alpha value is -3.32. The van der Waals surface area contributed by atoms with E-state index in [9.17, 15) is 32.9 Å². The van der Waals surface area contributed by atoms with Crippen molar-refractivity contribution >= 4 is 55.6 Å². The van der Waals surface area contributed by atoms with Crippen LogP contribution in [0.5, 0.6) is 0 Å². The van der Waals surface area contributed by atoms with Crippen LogP contribution in [0.25, 0.3) is 11.3 Å². The van der Waals surface area contributed by atoms with Gasteiger partial charge < -0.3 is 5.32 Å². The normalized spacial score (nSPS) is 11.1. The second kappa shape index (κ2) is 8.81. The number of hydrogen-bond donors (Lipinski definition) is 2. The molecule has 8 nitrogen and oxygen atoms in total. The molecule has 0 atom stereocenters. The number of nitro benzene ring substituents is 1. The summed E-state index contributed by atoms with van der Waals surface area (Å²) in [6.07, 6.45) is -5.24. The minimum absolute atomic E-state index is 0.148. The molecule has 2 amide bonds. The molecule has 0 aliphatic carbocycles. The van der Waals surface area contributed by atoms with Gasteiger partial charge in [-0.15, -0.1) is 11.3 Å². The smallest absolute Gasteiger partial charge is 0.317 e. The van der Waals surface area contributed by atoms with Crippen LogP contribution in [0, 0.1) is 10.1 Å². The Kier molecular flexibility index (Phi) is 6.36. The fourth-order valence-electron chi connectivity index (χ4n) is 2.39. The molecule has 0 fully saturated rings. The predicted octanol–water partition coefficient (Wildman–Crippen LogP) is 5.23. The highest BCUT2D eigenvalue weighted by Gasteiger charge is 2.39. The third kappa shape index (κ3) is 5.44. The molecule has 1 aromatic heterocycles. The minimum Gasteiger partial charge on any atom is -0.317 e. The first-order chi connectivity index (χ1) is 14.5. The summed E-state index contributed by atoms with van der Waals surface area (Å²) in [6, 6.07) is 9.76. The van der Waals surface area contributed by atoms with Gasteiger partial charge >= 0.3 is 12.1 Å². The van der Waals surface area contributed by atoms with Crippen LogP contribution in [0.4, 0.5) is 29.7 Å². The summed E-state index contributed by atoms with van der Waals surface area (Å²) in [6.45, 7) is 0. The Morgan fingerprint density at radius 3 is 2.39 bits per heavy atom. The summed E-state index contributed by atoms with van der Waals surface area (Å²) in [4.78, 5) is 38.2. The molecule has 0 aliphatic heterocycles. The molecule has 31 heavy (non-hydrogen) atoms. The van der Waals surface area contributed by atoms with Crippen molar-refractivity contribution in [3.8, 4) is 11.3 Å². The number of amides is 2. The maximum atomic E-state index is 12.6. The monoisotopic (exact) mass is 514 g/mol. The molecular weight excluding hydrogens is 505 g/mol. The lowest BCUT2D eigenvalue weighted by Gasteiger charge is -2.12. The van der Waals surface area contributed by atoms with Gasteiger partial charge in [-0.2, -0.15) is 13.2 Å². The van der Waals surface area contributed by atoms with E-state index >= 15 is 0 Å². The molecular formula is C18H10BrF3N4O4S. The zero-order valence-corrected chi connectivity index (χ0v) is 17.5. The Balaban J connectivity index is 1.86. The molecule has 2 N–H and O–H groups in total. The number of carbonyl (C=O) groups is 2. The standard InChI is InChI=1S/C18H10BrF3N4O4S/c19-10-3-1-9(2-4-10)14-8-31-17(24-14)25-15(27)12-6-5-11(26(29)30)7-13(12)23-16(28)18(20,21)22/h1-8H,(H,23,28)(H,24,25,27). The number of benzene rings is 2. The lowest BCUT2D eigenvalue weighted by atomic mass is 10.1. The molecule has 0 bridgehead atoms. The summed E-state index contributed by atoms with van der Waals surface area (Å²) >= 11 is 4.39. The van der Waals surface area contributed by atoms with Gasteiger partial charge in [0.05, 0.1) is 21.9 Å². The number of hydrogen-bond acceptors (Lipinski definition) is 6. The van der Waals surface area contributed by atoms with Gasteiger partial charge in [-0.1, -0.05) is 28.1 Å². The average molecular weight is 515 g/mol. The lowest BCUT2D eigenvalue weighted by molar-refractivity contribution is -0.384. The highest BCUT2D eigenvalue weighted by molar-refractivity contribution is 9.10. The van der Waals surface area contributed by atoms with Gasteiger partial charge in [0, 0.05) is 27.5 Å². The minimum atomic E-state index is -5.24. The summed E-state index contributed by atoms with van der Waals surface area (Å²) in [7, 11) is 0. The van der Waals surface area contributed by atoms with Crippen molar-refractivity contribution in [2.24, 2.45) is 0 Å². The number of thiazole rings is 1. The van der Waals surface area contributed by atoms with Crippen LogP contribution in [0.1, 0.15) is 10.4 Å². The summed E-state index contributed by atoms with van der Waals surface area (Å²) in [5.41, 5.74) is -0.321. The molecule has 0 saturated carbocycles. The van der Waals surface area contributed by atoms with Crippen LogP contribution in [-0.4, -0.2) is 27.9 Å². The summed E-state index contributed by atoms with van der Waals surface area (Å²) < 4.78 is 38.7. The first-order valence-electron chi connectivity index (χ1n) is 8.24. The van der Waals surface area contributed by atoms with E-state index in [4.69, 9.17) is 0 Å². The Morgan fingerprint density at radius 1 is 1.10 bits per heavy atom. The molecule has 0 saturated heterocycles. The highest BCUT2D eigenvalue weighted by Crippen LogP contribution is 2.29. The van der Waals surface area contributed by atoms with Crippen molar-refractivity contribution in [1.82, 2.24) is 4.98 Å². The molecule has 13 heteroatoms. The number of alkyl halides is 3. The van der Waals surface area contributed by atoms with E-state index in [0.717, 1.165) is 33.5 Å². The molecule has 0 spiro atoms. The van der Waals surface area contributed by atoms with Gasteiger partial charge in [-0.05, 0) is 18.2 Å². The van der Waals surface area contributed by atoms with Gasteiger partial charge in [-0.3, -0.25) is 25.0 Å². The van der Waals surface area contributed by atoms with Crippen LogP contribution in [0.2, 0.25) is 0 Å². The van der Waals surface area contributed by atoms with Crippen LogP contribution >= 0.6 is 27.3 Å². The number of anilines is 2. The van der Waals surface area contributed by atoms with E-state index in [1.54, 1.807) is 29.6 Å². The van der Waals surface area contributed by atoms with Gasteiger partial charge in [0.15, 0.2) is 5.13 Å². The number of halogens is 4. The van der Waals surface area contributed by atoms with E-state index in [-0.39, 0.29) is 5.13 Å².